The van der Waals surface area contributed by atoms with Crippen molar-refractivity contribution in [2.24, 2.45) is 0 Å². The van der Waals surface area contributed by atoms with Crippen LogP contribution in [0.25, 0.3) is 0 Å². The minimum Gasteiger partial charge on any atom is -0.495 e. The number of benzene rings is 3. The fourth-order valence-corrected chi connectivity index (χ4v) is 3.28. The molecule has 0 atom stereocenters. The number of methoxy groups -OCH3 is 1. The summed E-state index contributed by atoms with van der Waals surface area (Å²) in [4.78, 5) is 25.1. The van der Waals surface area contributed by atoms with E-state index in [9.17, 15) is 9.59 Å². The maximum atomic E-state index is 12.6. The van der Waals surface area contributed by atoms with Gasteiger partial charge in [-0.1, -0.05) is 29.8 Å². The molecule has 0 bridgehead atoms. The lowest BCUT2D eigenvalue weighted by atomic mass is 10.0. The van der Waals surface area contributed by atoms with E-state index in [-0.39, 0.29) is 11.8 Å². The second-order valence-corrected chi connectivity index (χ2v) is 6.96. The highest BCUT2D eigenvalue weighted by Crippen LogP contribution is 2.24. The molecular weight excluding hydrogens is 364 g/mol. The third-order valence-corrected chi connectivity index (χ3v) is 4.68. The standard InChI is InChI=1S/C24H24N2O3/c1-15-13-16(2)22(17(3)14-15)26-24(28)19-11-9-18(10-12-19)23(27)25-20-7-5-6-8-21(20)29-4/h5-14H,1-4H3,(H,25,27)(H,26,28). The number of rotatable bonds is 5. The Morgan fingerprint density at radius 3 is 1.83 bits per heavy atom. The smallest absolute Gasteiger partial charge is 0.255 e. The molecule has 3 aromatic rings. The molecule has 0 aliphatic heterocycles. The number of amides is 2. The van der Waals surface area contributed by atoms with Crippen LogP contribution in [0.3, 0.4) is 0 Å². The molecule has 29 heavy (non-hydrogen) atoms. The maximum Gasteiger partial charge on any atom is 0.255 e. The van der Waals surface area contributed by atoms with Crippen LogP contribution in [0.4, 0.5) is 11.4 Å². The van der Waals surface area contributed by atoms with E-state index in [0.29, 0.717) is 22.6 Å². The zero-order chi connectivity index (χ0) is 21.0. The second-order valence-electron chi connectivity index (χ2n) is 6.96. The van der Waals surface area contributed by atoms with Crippen molar-refractivity contribution in [1.82, 2.24) is 0 Å². The summed E-state index contributed by atoms with van der Waals surface area (Å²) in [5.74, 6) is 0.101. The van der Waals surface area contributed by atoms with Crippen molar-refractivity contribution in [2.45, 2.75) is 20.8 Å². The van der Waals surface area contributed by atoms with Crippen molar-refractivity contribution in [3.05, 3.63) is 88.5 Å². The minimum absolute atomic E-state index is 0.211. The van der Waals surface area contributed by atoms with Crippen LogP contribution < -0.4 is 15.4 Å². The van der Waals surface area contributed by atoms with Gasteiger partial charge in [-0.2, -0.15) is 0 Å². The number of hydrogen-bond acceptors (Lipinski definition) is 3. The largest absolute Gasteiger partial charge is 0.495 e. The highest BCUT2D eigenvalue weighted by molar-refractivity contribution is 6.08. The summed E-state index contributed by atoms with van der Waals surface area (Å²) in [6.45, 7) is 5.97. The van der Waals surface area contributed by atoms with E-state index in [1.54, 1.807) is 43.5 Å². The Labute approximate surface area is 170 Å². The predicted molar refractivity (Wildman–Crippen MR) is 116 cm³/mol. The summed E-state index contributed by atoms with van der Waals surface area (Å²) in [6.07, 6.45) is 0. The number of carbonyl (C=O) groups excluding carboxylic acids is 2. The molecule has 3 aromatic carbocycles. The Morgan fingerprint density at radius 2 is 1.28 bits per heavy atom. The lowest BCUT2D eigenvalue weighted by molar-refractivity contribution is 0.101. The van der Waals surface area contributed by atoms with Gasteiger partial charge in [0.15, 0.2) is 0 Å². The van der Waals surface area contributed by atoms with Crippen LogP contribution in [0.1, 0.15) is 37.4 Å². The molecule has 2 amide bonds. The van der Waals surface area contributed by atoms with Gasteiger partial charge in [0.1, 0.15) is 5.75 Å². The van der Waals surface area contributed by atoms with Gasteiger partial charge in [0.2, 0.25) is 0 Å². The van der Waals surface area contributed by atoms with E-state index in [2.05, 4.69) is 10.6 Å². The molecule has 0 aliphatic rings. The van der Waals surface area contributed by atoms with Crippen molar-refractivity contribution < 1.29 is 14.3 Å². The van der Waals surface area contributed by atoms with Crippen molar-refractivity contribution in [3.63, 3.8) is 0 Å². The molecule has 0 spiro atoms. The number of nitrogens with one attached hydrogen (secondary N) is 2. The molecule has 2 N–H and O–H groups in total. The van der Waals surface area contributed by atoms with E-state index in [0.717, 1.165) is 22.4 Å². The van der Waals surface area contributed by atoms with Crippen LogP contribution in [-0.4, -0.2) is 18.9 Å². The fraction of sp³-hybridized carbons (Fsp3) is 0.167. The van der Waals surface area contributed by atoms with Crippen LogP contribution in [0, 0.1) is 20.8 Å². The molecular formula is C24H24N2O3. The van der Waals surface area contributed by atoms with Crippen LogP contribution in [-0.2, 0) is 0 Å². The second kappa shape index (κ2) is 8.61. The first-order valence-corrected chi connectivity index (χ1v) is 9.32. The molecule has 0 saturated carbocycles. The van der Waals surface area contributed by atoms with Gasteiger partial charge in [0.05, 0.1) is 12.8 Å². The van der Waals surface area contributed by atoms with E-state index >= 15 is 0 Å². The zero-order valence-electron chi connectivity index (χ0n) is 17.0. The Balaban J connectivity index is 1.73. The van der Waals surface area contributed by atoms with E-state index < -0.39 is 0 Å². The Bertz CT molecular complexity index is 1030. The van der Waals surface area contributed by atoms with Gasteiger partial charge in [-0.05, 0) is 68.3 Å². The van der Waals surface area contributed by atoms with Gasteiger partial charge in [-0.15, -0.1) is 0 Å². The summed E-state index contributed by atoms with van der Waals surface area (Å²) in [5.41, 5.74) is 5.54. The van der Waals surface area contributed by atoms with E-state index in [1.165, 1.54) is 0 Å². The van der Waals surface area contributed by atoms with Crippen LogP contribution in [0.5, 0.6) is 5.75 Å². The average molecular weight is 388 g/mol. The summed E-state index contributed by atoms with van der Waals surface area (Å²) in [6, 6.07) is 17.8. The Hall–Kier alpha value is -3.60. The minimum atomic E-state index is -0.272. The number of hydrogen-bond donors (Lipinski definition) is 2. The molecule has 5 nitrogen and oxygen atoms in total. The van der Waals surface area contributed by atoms with Crippen molar-refractivity contribution in [3.8, 4) is 5.75 Å². The first-order chi connectivity index (χ1) is 13.9. The fourth-order valence-electron chi connectivity index (χ4n) is 3.28. The molecule has 148 valence electrons. The number of ether oxygens (including phenoxy) is 1. The van der Waals surface area contributed by atoms with Gasteiger partial charge < -0.3 is 15.4 Å². The molecule has 3 rings (SSSR count). The van der Waals surface area contributed by atoms with Gasteiger partial charge in [0.25, 0.3) is 11.8 Å². The van der Waals surface area contributed by atoms with Crippen molar-refractivity contribution in [2.75, 3.05) is 17.7 Å². The van der Waals surface area contributed by atoms with E-state index in [1.807, 2.05) is 45.0 Å². The molecule has 0 aromatic heterocycles. The first kappa shape index (κ1) is 20.1. The van der Waals surface area contributed by atoms with Crippen LogP contribution >= 0.6 is 0 Å². The third-order valence-electron chi connectivity index (χ3n) is 4.68. The monoisotopic (exact) mass is 388 g/mol. The molecule has 5 heteroatoms. The molecule has 0 saturated heterocycles. The zero-order valence-corrected chi connectivity index (χ0v) is 17.0. The lowest BCUT2D eigenvalue weighted by Crippen LogP contribution is -2.15. The maximum absolute atomic E-state index is 12.6. The molecule has 0 fully saturated rings. The highest BCUT2D eigenvalue weighted by Gasteiger charge is 2.13. The third kappa shape index (κ3) is 4.63. The first-order valence-electron chi connectivity index (χ1n) is 9.32. The quantitative estimate of drug-likeness (QED) is 0.637. The number of aryl methyl sites for hydroxylation is 3. The molecule has 0 heterocycles. The van der Waals surface area contributed by atoms with Gasteiger partial charge in [-0.3, -0.25) is 9.59 Å². The van der Waals surface area contributed by atoms with Crippen LogP contribution in [0.15, 0.2) is 60.7 Å². The molecule has 0 unspecified atom stereocenters. The summed E-state index contributed by atoms with van der Waals surface area (Å²) >= 11 is 0. The molecule has 0 radical (unpaired) electrons. The van der Waals surface area contributed by atoms with Gasteiger partial charge in [0, 0.05) is 16.8 Å². The topological polar surface area (TPSA) is 67.4 Å². The van der Waals surface area contributed by atoms with Gasteiger partial charge in [-0.25, -0.2) is 0 Å². The van der Waals surface area contributed by atoms with Crippen molar-refractivity contribution in [1.29, 1.82) is 0 Å². The highest BCUT2D eigenvalue weighted by atomic mass is 16.5. The van der Waals surface area contributed by atoms with Crippen LogP contribution in [0.2, 0.25) is 0 Å². The summed E-state index contributed by atoms with van der Waals surface area (Å²) in [5, 5.41) is 5.79. The average Bonchev–Trinajstić information content (AvgIpc) is 2.71. The molecule has 0 aliphatic carbocycles. The Kier molecular flexibility index (Phi) is 5.98. The Morgan fingerprint density at radius 1 is 0.759 bits per heavy atom. The summed E-state index contributed by atoms with van der Waals surface area (Å²) < 4.78 is 5.25. The SMILES string of the molecule is COc1ccccc1NC(=O)c1ccc(C(=O)Nc2c(C)cc(C)cc2C)cc1. The van der Waals surface area contributed by atoms with E-state index in [4.69, 9.17) is 4.74 Å². The van der Waals surface area contributed by atoms with Gasteiger partial charge >= 0.3 is 0 Å². The normalized spacial score (nSPS) is 10.3. The lowest BCUT2D eigenvalue weighted by Gasteiger charge is -2.13. The number of anilines is 2. The van der Waals surface area contributed by atoms with Crippen molar-refractivity contribution >= 4 is 23.2 Å². The number of para-hydroxylation sites is 2. The predicted octanol–water partition coefficient (Wildman–Crippen LogP) is 5.13. The number of carbonyl (C=O) groups is 2. The summed E-state index contributed by atoms with van der Waals surface area (Å²) in [7, 11) is 1.55.